The first-order chi connectivity index (χ1) is 9.00. The fourth-order valence-corrected chi connectivity index (χ4v) is 2.65. The molecule has 0 atom stereocenters. The van der Waals surface area contributed by atoms with Crippen LogP contribution in [0.15, 0.2) is 24.3 Å². The summed E-state index contributed by atoms with van der Waals surface area (Å²) in [4.78, 5) is 10.9. The van der Waals surface area contributed by atoms with Gasteiger partial charge in [0.25, 0.3) is 0 Å². The van der Waals surface area contributed by atoms with Crippen LogP contribution in [0.4, 0.5) is 5.69 Å². The molecule has 0 radical (unpaired) electrons. The normalized spacial score (nSPS) is 26.9. The van der Waals surface area contributed by atoms with Crippen molar-refractivity contribution < 1.29 is 15.0 Å². The fourth-order valence-electron chi connectivity index (χ4n) is 2.44. The number of para-hydroxylation sites is 1. The molecule has 3 N–H and O–H groups in total. The Bertz CT molecular complexity index is 456. The van der Waals surface area contributed by atoms with E-state index in [4.69, 9.17) is 16.7 Å². The summed E-state index contributed by atoms with van der Waals surface area (Å²) < 4.78 is 0. The van der Waals surface area contributed by atoms with Crippen molar-refractivity contribution in [2.24, 2.45) is 5.92 Å². The molecule has 104 valence electrons. The summed E-state index contributed by atoms with van der Waals surface area (Å²) in [5.41, 5.74) is -0.0524. The highest BCUT2D eigenvalue weighted by Crippen LogP contribution is 2.33. The maximum absolute atomic E-state index is 10.9. The van der Waals surface area contributed by atoms with Gasteiger partial charge in [0.2, 0.25) is 0 Å². The highest BCUT2D eigenvalue weighted by molar-refractivity contribution is 6.33. The van der Waals surface area contributed by atoms with Crippen molar-refractivity contribution in [2.45, 2.75) is 31.3 Å². The first-order valence-corrected chi connectivity index (χ1v) is 6.82. The van der Waals surface area contributed by atoms with Gasteiger partial charge >= 0.3 is 5.97 Å². The predicted molar refractivity (Wildman–Crippen MR) is 74.5 cm³/mol. The highest BCUT2D eigenvalue weighted by atomic mass is 35.5. The van der Waals surface area contributed by atoms with E-state index in [-0.39, 0.29) is 5.92 Å². The molecule has 1 fully saturated rings. The number of hydrogen-bond donors (Lipinski definition) is 3. The van der Waals surface area contributed by atoms with Crippen molar-refractivity contribution in [2.75, 3.05) is 11.9 Å². The molecule has 0 aromatic heterocycles. The third kappa shape index (κ3) is 3.61. The van der Waals surface area contributed by atoms with Crippen molar-refractivity contribution in [1.29, 1.82) is 0 Å². The highest BCUT2D eigenvalue weighted by Gasteiger charge is 2.35. The quantitative estimate of drug-likeness (QED) is 0.795. The Morgan fingerprint density at radius 2 is 2.00 bits per heavy atom. The number of carbonyl (C=O) groups is 1. The van der Waals surface area contributed by atoms with E-state index in [0.717, 1.165) is 5.69 Å². The third-order valence-electron chi connectivity index (χ3n) is 3.75. The molecule has 4 nitrogen and oxygen atoms in total. The first kappa shape index (κ1) is 14.2. The molecule has 0 aliphatic heterocycles. The van der Waals surface area contributed by atoms with Crippen molar-refractivity contribution >= 4 is 23.3 Å². The van der Waals surface area contributed by atoms with E-state index >= 15 is 0 Å². The van der Waals surface area contributed by atoms with E-state index < -0.39 is 11.6 Å². The zero-order valence-corrected chi connectivity index (χ0v) is 11.4. The molecule has 1 aliphatic carbocycles. The van der Waals surface area contributed by atoms with Gasteiger partial charge in [-0.2, -0.15) is 0 Å². The summed E-state index contributed by atoms with van der Waals surface area (Å²) >= 11 is 6.03. The molecular formula is C14H18ClNO3. The van der Waals surface area contributed by atoms with Crippen LogP contribution in [-0.2, 0) is 4.79 Å². The SMILES string of the molecule is O=C(O)C1CCC(O)(CNc2ccccc2Cl)CC1. The minimum Gasteiger partial charge on any atom is -0.481 e. The lowest BCUT2D eigenvalue weighted by Crippen LogP contribution is -2.41. The van der Waals surface area contributed by atoms with Crippen LogP contribution in [0.2, 0.25) is 5.02 Å². The number of aliphatic carboxylic acids is 1. The minimum absolute atomic E-state index is 0.319. The smallest absolute Gasteiger partial charge is 0.306 e. The molecule has 0 bridgehead atoms. The van der Waals surface area contributed by atoms with Crippen molar-refractivity contribution in [3.63, 3.8) is 0 Å². The first-order valence-electron chi connectivity index (χ1n) is 6.44. The summed E-state index contributed by atoms with van der Waals surface area (Å²) in [6, 6.07) is 7.36. The number of aliphatic hydroxyl groups is 1. The van der Waals surface area contributed by atoms with Gasteiger partial charge < -0.3 is 15.5 Å². The largest absolute Gasteiger partial charge is 0.481 e. The fraction of sp³-hybridized carbons (Fsp3) is 0.500. The second-order valence-electron chi connectivity index (χ2n) is 5.17. The van der Waals surface area contributed by atoms with E-state index in [0.29, 0.717) is 37.3 Å². The standard InChI is InChI=1S/C14H18ClNO3/c15-11-3-1-2-4-12(11)16-9-14(19)7-5-10(6-8-14)13(17)18/h1-4,10,16,19H,5-9H2,(H,17,18). The van der Waals surface area contributed by atoms with Crippen molar-refractivity contribution in [3.05, 3.63) is 29.3 Å². The van der Waals surface area contributed by atoms with Crippen LogP contribution in [0.5, 0.6) is 0 Å². The Kier molecular flexibility index (Phi) is 4.32. The summed E-state index contributed by atoms with van der Waals surface area (Å²) in [6.45, 7) is 0.392. The van der Waals surface area contributed by atoms with Crippen LogP contribution in [-0.4, -0.2) is 28.3 Å². The van der Waals surface area contributed by atoms with E-state index in [2.05, 4.69) is 5.32 Å². The van der Waals surface area contributed by atoms with E-state index in [1.165, 1.54) is 0 Å². The molecule has 5 heteroatoms. The lowest BCUT2D eigenvalue weighted by molar-refractivity contribution is -0.144. The van der Waals surface area contributed by atoms with Crippen LogP contribution in [0.1, 0.15) is 25.7 Å². The monoisotopic (exact) mass is 283 g/mol. The summed E-state index contributed by atoms with van der Waals surface area (Å²) in [7, 11) is 0. The zero-order valence-electron chi connectivity index (χ0n) is 10.6. The lowest BCUT2D eigenvalue weighted by atomic mass is 9.79. The third-order valence-corrected chi connectivity index (χ3v) is 4.08. The Hall–Kier alpha value is -1.26. The lowest BCUT2D eigenvalue weighted by Gasteiger charge is -2.35. The van der Waals surface area contributed by atoms with Gasteiger partial charge in [-0.05, 0) is 37.8 Å². The Labute approximate surface area is 117 Å². The average Bonchev–Trinajstić information content (AvgIpc) is 2.38. The topological polar surface area (TPSA) is 69.6 Å². The molecule has 1 aromatic carbocycles. The maximum Gasteiger partial charge on any atom is 0.306 e. The Balaban J connectivity index is 1.90. The van der Waals surface area contributed by atoms with Gasteiger partial charge in [-0.1, -0.05) is 23.7 Å². The number of carboxylic acid groups (broad SMARTS) is 1. The van der Waals surface area contributed by atoms with Crippen molar-refractivity contribution in [1.82, 2.24) is 0 Å². The molecule has 0 spiro atoms. The Morgan fingerprint density at radius 3 is 2.58 bits per heavy atom. The number of hydrogen-bond acceptors (Lipinski definition) is 3. The van der Waals surface area contributed by atoms with E-state index in [1.54, 1.807) is 6.07 Å². The summed E-state index contributed by atoms with van der Waals surface area (Å²) in [6.07, 6.45) is 2.05. The maximum atomic E-state index is 10.9. The molecule has 0 saturated heterocycles. The predicted octanol–water partition coefficient (Wildman–Crippen LogP) is 2.76. The number of rotatable bonds is 4. The average molecular weight is 284 g/mol. The Morgan fingerprint density at radius 1 is 1.37 bits per heavy atom. The van der Waals surface area contributed by atoms with Crippen LogP contribution in [0.25, 0.3) is 0 Å². The summed E-state index contributed by atoms with van der Waals surface area (Å²) in [5, 5.41) is 23.1. The molecule has 1 aliphatic rings. The van der Waals surface area contributed by atoms with Crippen LogP contribution < -0.4 is 5.32 Å². The number of nitrogens with one attached hydrogen (secondary N) is 1. The van der Waals surface area contributed by atoms with Crippen molar-refractivity contribution in [3.8, 4) is 0 Å². The van der Waals surface area contributed by atoms with Crippen LogP contribution >= 0.6 is 11.6 Å². The summed E-state index contributed by atoms with van der Waals surface area (Å²) in [5.74, 6) is -1.08. The van der Waals surface area contributed by atoms with Gasteiger partial charge in [0.1, 0.15) is 0 Å². The molecule has 0 unspecified atom stereocenters. The molecule has 0 heterocycles. The molecule has 2 rings (SSSR count). The molecule has 19 heavy (non-hydrogen) atoms. The van der Waals surface area contributed by atoms with Crippen LogP contribution in [0, 0.1) is 5.92 Å². The van der Waals surface area contributed by atoms with Crippen LogP contribution in [0.3, 0.4) is 0 Å². The number of halogens is 1. The van der Waals surface area contributed by atoms with Gasteiger partial charge in [-0.15, -0.1) is 0 Å². The molecule has 0 amide bonds. The molecule has 1 saturated carbocycles. The van der Waals surface area contributed by atoms with Gasteiger partial charge in [0.15, 0.2) is 0 Å². The number of carboxylic acids is 1. The molecule has 1 aromatic rings. The van der Waals surface area contributed by atoms with Gasteiger partial charge in [0.05, 0.1) is 22.2 Å². The number of anilines is 1. The second-order valence-corrected chi connectivity index (χ2v) is 5.58. The number of benzene rings is 1. The second kappa shape index (κ2) is 5.80. The van der Waals surface area contributed by atoms with Gasteiger partial charge in [-0.25, -0.2) is 0 Å². The zero-order chi connectivity index (χ0) is 13.9. The van der Waals surface area contributed by atoms with E-state index in [1.807, 2.05) is 18.2 Å². The van der Waals surface area contributed by atoms with E-state index in [9.17, 15) is 9.90 Å². The van der Waals surface area contributed by atoms with Gasteiger partial charge in [0, 0.05) is 6.54 Å². The van der Waals surface area contributed by atoms with Gasteiger partial charge in [-0.3, -0.25) is 4.79 Å². The molecular weight excluding hydrogens is 266 g/mol. The minimum atomic E-state index is -0.842.